The molecule has 0 radical (unpaired) electrons. The summed E-state index contributed by atoms with van der Waals surface area (Å²) < 4.78 is 0. The molecule has 2 aliphatic carbocycles. The maximum absolute atomic E-state index is 10.7. The minimum Gasteiger partial charge on any atom is -0.385 e. The number of rotatable bonds is 1. The number of fused-ring (bicyclic) bond motifs is 2. The summed E-state index contributed by atoms with van der Waals surface area (Å²) in [4.78, 5) is 0. The summed E-state index contributed by atoms with van der Waals surface area (Å²) in [6, 6.07) is 10.2. The summed E-state index contributed by atoms with van der Waals surface area (Å²) in [6.07, 6.45) is 4.78. The van der Waals surface area contributed by atoms with Crippen molar-refractivity contribution < 1.29 is 5.11 Å². The maximum atomic E-state index is 10.7. The van der Waals surface area contributed by atoms with Crippen molar-refractivity contribution in [2.24, 2.45) is 11.8 Å². The molecule has 1 N–H and O–H groups in total. The van der Waals surface area contributed by atoms with Gasteiger partial charge < -0.3 is 5.11 Å². The fourth-order valence-electron chi connectivity index (χ4n) is 3.38. The van der Waals surface area contributed by atoms with Gasteiger partial charge in [-0.05, 0) is 43.1 Å². The van der Waals surface area contributed by atoms with E-state index in [0.717, 1.165) is 17.9 Å². The molecule has 3 rings (SSSR count). The molecule has 0 spiro atoms. The molecule has 2 fully saturated rings. The van der Waals surface area contributed by atoms with Crippen molar-refractivity contribution in [2.75, 3.05) is 0 Å². The van der Waals surface area contributed by atoms with Gasteiger partial charge in [-0.1, -0.05) is 30.3 Å². The van der Waals surface area contributed by atoms with Crippen molar-refractivity contribution >= 4 is 0 Å². The van der Waals surface area contributed by atoms with Crippen LogP contribution in [0.2, 0.25) is 0 Å². The number of hydrogen-bond acceptors (Lipinski definition) is 1. The zero-order chi connectivity index (χ0) is 9.60. The van der Waals surface area contributed by atoms with Gasteiger partial charge in [-0.25, -0.2) is 0 Å². The maximum Gasteiger partial charge on any atom is 0.0927 e. The minimum absolute atomic E-state index is 0.496. The van der Waals surface area contributed by atoms with Gasteiger partial charge >= 0.3 is 0 Å². The van der Waals surface area contributed by atoms with Crippen LogP contribution in [-0.2, 0) is 5.60 Å². The second kappa shape index (κ2) is 2.83. The molecule has 0 saturated heterocycles. The van der Waals surface area contributed by atoms with Gasteiger partial charge in [-0.2, -0.15) is 0 Å². The molecule has 2 bridgehead atoms. The van der Waals surface area contributed by atoms with E-state index in [1.54, 1.807) is 0 Å². The summed E-state index contributed by atoms with van der Waals surface area (Å²) in [5.74, 6) is 1.31. The quantitative estimate of drug-likeness (QED) is 0.718. The second-order valence-electron chi connectivity index (χ2n) is 4.87. The Balaban J connectivity index is 1.98. The van der Waals surface area contributed by atoms with Gasteiger partial charge in [0.1, 0.15) is 0 Å². The molecule has 2 aliphatic rings. The first-order chi connectivity index (χ1) is 6.79. The summed E-state index contributed by atoms with van der Waals surface area (Å²) in [5, 5.41) is 10.7. The van der Waals surface area contributed by atoms with Crippen molar-refractivity contribution in [2.45, 2.75) is 31.3 Å². The standard InChI is InChI=1S/C13H16O/c14-13(11-4-2-1-3-5-11)9-10-6-7-12(13)8-10/h1-5,10,12,14H,6-9H2/t10-,12+,13-/m0/s1. The van der Waals surface area contributed by atoms with Gasteiger partial charge in [0, 0.05) is 0 Å². The Labute approximate surface area is 84.8 Å². The largest absolute Gasteiger partial charge is 0.385 e. The third-order valence-corrected chi connectivity index (χ3v) is 4.09. The van der Waals surface area contributed by atoms with E-state index in [1.165, 1.54) is 19.3 Å². The molecular formula is C13H16O. The third-order valence-electron chi connectivity index (χ3n) is 4.09. The molecule has 1 heteroatoms. The first-order valence-electron chi connectivity index (χ1n) is 5.57. The third kappa shape index (κ3) is 1.05. The lowest BCUT2D eigenvalue weighted by Gasteiger charge is -2.32. The summed E-state index contributed by atoms with van der Waals surface area (Å²) in [6.45, 7) is 0. The molecule has 0 aromatic heterocycles. The van der Waals surface area contributed by atoms with E-state index in [9.17, 15) is 5.11 Å². The average Bonchev–Trinajstić information content (AvgIpc) is 2.79. The van der Waals surface area contributed by atoms with Crippen LogP contribution in [0.15, 0.2) is 30.3 Å². The fraction of sp³-hybridized carbons (Fsp3) is 0.538. The molecule has 0 amide bonds. The number of hydrogen-bond donors (Lipinski definition) is 1. The van der Waals surface area contributed by atoms with Gasteiger partial charge in [-0.15, -0.1) is 0 Å². The molecule has 0 aliphatic heterocycles. The van der Waals surface area contributed by atoms with Crippen LogP contribution in [0.1, 0.15) is 31.2 Å². The molecule has 14 heavy (non-hydrogen) atoms. The Hall–Kier alpha value is -0.820. The van der Waals surface area contributed by atoms with E-state index in [0.29, 0.717) is 5.92 Å². The van der Waals surface area contributed by atoms with Crippen LogP contribution >= 0.6 is 0 Å². The minimum atomic E-state index is -0.496. The van der Waals surface area contributed by atoms with Crippen LogP contribution in [0.25, 0.3) is 0 Å². The van der Waals surface area contributed by atoms with Gasteiger partial charge in [0.25, 0.3) is 0 Å². The fourth-order valence-corrected chi connectivity index (χ4v) is 3.38. The first-order valence-corrected chi connectivity index (χ1v) is 5.57. The lowest BCUT2D eigenvalue weighted by atomic mass is 9.79. The highest BCUT2D eigenvalue weighted by atomic mass is 16.3. The van der Waals surface area contributed by atoms with E-state index < -0.39 is 5.60 Å². The van der Waals surface area contributed by atoms with E-state index in [1.807, 2.05) is 18.2 Å². The SMILES string of the molecule is O[C@]1(c2ccccc2)C[C@H]2CC[C@@H]1C2. The molecule has 2 saturated carbocycles. The van der Waals surface area contributed by atoms with E-state index >= 15 is 0 Å². The average molecular weight is 188 g/mol. The molecule has 1 aromatic carbocycles. The lowest BCUT2D eigenvalue weighted by Crippen LogP contribution is -2.31. The van der Waals surface area contributed by atoms with Crippen LogP contribution in [0.3, 0.4) is 0 Å². The molecule has 0 heterocycles. The zero-order valence-electron chi connectivity index (χ0n) is 8.32. The van der Waals surface area contributed by atoms with E-state index in [-0.39, 0.29) is 0 Å². The monoisotopic (exact) mass is 188 g/mol. The van der Waals surface area contributed by atoms with Crippen LogP contribution in [0.5, 0.6) is 0 Å². The predicted molar refractivity (Wildman–Crippen MR) is 55.8 cm³/mol. The van der Waals surface area contributed by atoms with Crippen LogP contribution in [0.4, 0.5) is 0 Å². The highest BCUT2D eigenvalue weighted by Crippen LogP contribution is 2.55. The predicted octanol–water partition coefficient (Wildman–Crippen LogP) is 2.69. The van der Waals surface area contributed by atoms with Crippen molar-refractivity contribution in [1.82, 2.24) is 0 Å². The van der Waals surface area contributed by atoms with E-state index in [4.69, 9.17) is 0 Å². The topological polar surface area (TPSA) is 20.2 Å². The Morgan fingerprint density at radius 2 is 1.93 bits per heavy atom. The van der Waals surface area contributed by atoms with Gasteiger partial charge in [0.05, 0.1) is 5.60 Å². The van der Waals surface area contributed by atoms with Gasteiger partial charge in [-0.3, -0.25) is 0 Å². The molecule has 1 aromatic rings. The van der Waals surface area contributed by atoms with Crippen molar-refractivity contribution in [3.8, 4) is 0 Å². The van der Waals surface area contributed by atoms with Crippen molar-refractivity contribution in [1.29, 1.82) is 0 Å². The Morgan fingerprint density at radius 1 is 1.14 bits per heavy atom. The first kappa shape index (κ1) is 8.49. The van der Waals surface area contributed by atoms with Crippen molar-refractivity contribution in [3.63, 3.8) is 0 Å². The molecule has 1 nitrogen and oxygen atoms in total. The molecule has 3 atom stereocenters. The highest BCUT2D eigenvalue weighted by Gasteiger charge is 2.50. The second-order valence-corrected chi connectivity index (χ2v) is 4.87. The highest BCUT2D eigenvalue weighted by molar-refractivity contribution is 5.26. The van der Waals surface area contributed by atoms with Gasteiger partial charge in [0.15, 0.2) is 0 Å². The van der Waals surface area contributed by atoms with Crippen LogP contribution in [0, 0.1) is 11.8 Å². The number of benzene rings is 1. The molecule has 0 unspecified atom stereocenters. The Kier molecular flexibility index (Phi) is 1.72. The Morgan fingerprint density at radius 3 is 2.50 bits per heavy atom. The van der Waals surface area contributed by atoms with Gasteiger partial charge in [0.2, 0.25) is 0 Å². The van der Waals surface area contributed by atoms with Crippen molar-refractivity contribution in [3.05, 3.63) is 35.9 Å². The van der Waals surface area contributed by atoms with Crippen LogP contribution in [-0.4, -0.2) is 5.11 Å². The summed E-state index contributed by atoms with van der Waals surface area (Å²) >= 11 is 0. The van der Waals surface area contributed by atoms with Crippen LogP contribution < -0.4 is 0 Å². The van der Waals surface area contributed by atoms with E-state index in [2.05, 4.69) is 12.1 Å². The normalized spacial score (nSPS) is 40.4. The Bertz CT molecular complexity index is 332. The lowest BCUT2D eigenvalue weighted by molar-refractivity contribution is -0.0182. The smallest absolute Gasteiger partial charge is 0.0927 e. The number of aliphatic hydroxyl groups is 1. The zero-order valence-corrected chi connectivity index (χ0v) is 8.32. The summed E-state index contributed by atoms with van der Waals surface area (Å²) in [7, 11) is 0. The summed E-state index contributed by atoms with van der Waals surface area (Å²) in [5.41, 5.74) is 0.636. The molecule has 74 valence electrons. The molecular weight excluding hydrogens is 172 g/mol.